The van der Waals surface area contributed by atoms with Gasteiger partial charge in [0.15, 0.2) is 0 Å². The number of rotatable bonds is 7. The molecular weight excluding hydrogens is 406 g/mol. The highest BCUT2D eigenvalue weighted by Gasteiger charge is 2.33. The highest BCUT2D eigenvalue weighted by atomic mass is 16.2. The van der Waals surface area contributed by atoms with Crippen LogP contribution in [0.2, 0.25) is 0 Å². The zero-order chi connectivity index (χ0) is 23.2. The van der Waals surface area contributed by atoms with Crippen molar-refractivity contribution in [3.63, 3.8) is 0 Å². The number of nitrogens with zero attached hydrogens (tertiary/aromatic N) is 3. The number of carbonyl (C=O) groups is 1. The predicted octanol–water partition coefficient (Wildman–Crippen LogP) is 5.00. The third kappa shape index (κ3) is 6.24. The molecule has 1 saturated heterocycles. The molecule has 2 aliphatic rings. The van der Waals surface area contributed by atoms with Crippen LogP contribution in [0.4, 0.5) is 0 Å². The number of aryl methyl sites for hydroxylation is 2. The van der Waals surface area contributed by atoms with E-state index in [1.165, 1.54) is 48.8 Å². The largest absolute Gasteiger partial charge is 0.344 e. The topological polar surface area (TPSA) is 26.8 Å². The zero-order valence-corrected chi connectivity index (χ0v) is 20.8. The summed E-state index contributed by atoms with van der Waals surface area (Å²) in [4.78, 5) is 20.8. The number of amides is 1. The molecular formula is C29H41N3O. The van der Waals surface area contributed by atoms with Crippen molar-refractivity contribution in [1.82, 2.24) is 14.7 Å². The maximum Gasteiger partial charge on any atom is 0.244 e. The number of carbonyl (C=O) groups excluding carboxylic acids is 1. The van der Waals surface area contributed by atoms with Gasteiger partial charge in [0.05, 0.1) is 0 Å². The molecule has 1 unspecified atom stereocenters. The summed E-state index contributed by atoms with van der Waals surface area (Å²) in [5.41, 5.74) is 5.00. The molecule has 0 spiro atoms. The molecule has 4 heteroatoms. The molecule has 1 saturated carbocycles. The van der Waals surface area contributed by atoms with Crippen molar-refractivity contribution in [1.29, 1.82) is 0 Å². The molecule has 1 aliphatic heterocycles. The van der Waals surface area contributed by atoms with E-state index in [2.05, 4.69) is 66.1 Å². The number of hydrogen-bond donors (Lipinski definition) is 0. The van der Waals surface area contributed by atoms with Gasteiger partial charge in [0.1, 0.15) is 6.04 Å². The highest BCUT2D eigenvalue weighted by molar-refractivity contribution is 5.83. The molecule has 0 radical (unpaired) electrons. The summed E-state index contributed by atoms with van der Waals surface area (Å²) in [7, 11) is 1.97. The summed E-state index contributed by atoms with van der Waals surface area (Å²) in [6.07, 6.45) is 7.74. The van der Waals surface area contributed by atoms with E-state index >= 15 is 0 Å². The normalized spacial score (nSPS) is 19.4. The van der Waals surface area contributed by atoms with Gasteiger partial charge in [0.25, 0.3) is 0 Å². The molecule has 1 aliphatic carbocycles. The second-order valence-corrected chi connectivity index (χ2v) is 10.2. The van der Waals surface area contributed by atoms with Crippen LogP contribution in [0.25, 0.3) is 0 Å². The van der Waals surface area contributed by atoms with Gasteiger partial charge in [-0.15, -0.1) is 0 Å². The minimum atomic E-state index is -0.191. The summed E-state index contributed by atoms with van der Waals surface area (Å²) >= 11 is 0. The van der Waals surface area contributed by atoms with Crippen molar-refractivity contribution in [2.24, 2.45) is 0 Å². The molecule has 178 valence electrons. The van der Waals surface area contributed by atoms with Crippen molar-refractivity contribution >= 4 is 5.91 Å². The maximum absolute atomic E-state index is 13.8. The van der Waals surface area contributed by atoms with Crippen LogP contribution in [-0.4, -0.2) is 66.4 Å². The van der Waals surface area contributed by atoms with Crippen LogP contribution in [0.5, 0.6) is 0 Å². The molecule has 2 aromatic rings. The van der Waals surface area contributed by atoms with E-state index in [1.54, 1.807) is 0 Å². The van der Waals surface area contributed by atoms with E-state index in [0.717, 1.165) is 50.7 Å². The van der Waals surface area contributed by atoms with Gasteiger partial charge in [0, 0.05) is 45.8 Å². The quantitative estimate of drug-likeness (QED) is 0.598. The third-order valence-electron chi connectivity index (χ3n) is 7.55. The first-order valence-electron chi connectivity index (χ1n) is 12.9. The minimum Gasteiger partial charge on any atom is -0.344 e. The van der Waals surface area contributed by atoms with Crippen LogP contribution in [-0.2, 0) is 11.2 Å². The van der Waals surface area contributed by atoms with Crippen molar-refractivity contribution in [3.05, 3.63) is 70.8 Å². The fourth-order valence-electron chi connectivity index (χ4n) is 5.78. The van der Waals surface area contributed by atoms with Crippen LogP contribution in [0.3, 0.4) is 0 Å². The van der Waals surface area contributed by atoms with Crippen LogP contribution in [0.15, 0.2) is 48.5 Å². The van der Waals surface area contributed by atoms with Gasteiger partial charge in [-0.3, -0.25) is 14.6 Å². The van der Waals surface area contributed by atoms with E-state index in [-0.39, 0.29) is 11.9 Å². The first-order chi connectivity index (χ1) is 16.0. The van der Waals surface area contributed by atoms with Crippen molar-refractivity contribution in [2.45, 2.75) is 64.5 Å². The van der Waals surface area contributed by atoms with Gasteiger partial charge >= 0.3 is 0 Å². The number of benzene rings is 2. The SMILES string of the molecule is Cc1cc(C)cc(CCN(C)C(=O)C(c2ccccc2)N2CCN(C3CCCCC3)CC2)c1. The van der Waals surface area contributed by atoms with Crippen LogP contribution in [0, 0.1) is 13.8 Å². The Labute approximate surface area is 200 Å². The Hall–Kier alpha value is -2.17. The van der Waals surface area contributed by atoms with E-state index in [9.17, 15) is 4.79 Å². The Kier molecular flexibility index (Phi) is 8.21. The zero-order valence-electron chi connectivity index (χ0n) is 20.8. The average Bonchev–Trinajstić information content (AvgIpc) is 2.84. The van der Waals surface area contributed by atoms with Crippen LogP contribution < -0.4 is 0 Å². The van der Waals surface area contributed by atoms with Gasteiger partial charge in [0.2, 0.25) is 5.91 Å². The second-order valence-electron chi connectivity index (χ2n) is 10.2. The Morgan fingerprint density at radius 2 is 1.58 bits per heavy atom. The fourth-order valence-corrected chi connectivity index (χ4v) is 5.78. The summed E-state index contributed by atoms with van der Waals surface area (Å²) in [5, 5.41) is 0. The first kappa shape index (κ1) is 24.0. The summed E-state index contributed by atoms with van der Waals surface area (Å²) in [6, 6.07) is 17.6. The van der Waals surface area contributed by atoms with Crippen molar-refractivity contribution < 1.29 is 4.79 Å². The summed E-state index contributed by atoms with van der Waals surface area (Å²) < 4.78 is 0. The Bertz CT molecular complexity index is 878. The molecule has 0 aromatic heterocycles. The van der Waals surface area contributed by atoms with E-state index in [1.807, 2.05) is 18.0 Å². The first-order valence-corrected chi connectivity index (χ1v) is 12.9. The molecule has 0 N–H and O–H groups in total. The monoisotopic (exact) mass is 447 g/mol. The number of likely N-dealkylation sites (N-methyl/N-ethyl adjacent to an activating group) is 1. The van der Waals surface area contributed by atoms with Crippen molar-refractivity contribution in [2.75, 3.05) is 39.8 Å². The lowest BCUT2D eigenvalue weighted by Crippen LogP contribution is -2.54. The molecule has 4 nitrogen and oxygen atoms in total. The highest BCUT2D eigenvalue weighted by Crippen LogP contribution is 2.28. The van der Waals surface area contributed by atoms with Gasteiger partial charge in [-0.2, -0.15) is 0 Å². The molecule has 2 aromatic carbocycles. The van der Waals surface area contributed by atoms with E-state index in [0.29, 0.717) is 0 Å². The molecule has 0 bridgehead atoms. The predicted molar refractivity (Wildman–Crippen MR) is 136 cm³/mol. The maximum atomic E-state index is 13.8. The Morgan fingerprint density at radius 1 is 0.939 bits per heavy atom. The molecule has 4 rings (SSSR count). The molecule has 2 fully saturated rings. The summed E-state index contributed by atoms with van der Waals surface area (Å²) in [6.45, 7) is 9.11. The molecule has 1 heterocycles. The lowest BCUT2D eigenvalue weighted by atomic mass is 9.93. The molecule has 1 amide bonds. The summed E-state index contributed by atoms with van der Waals surface area (Å²) in [5.74, 6) is 0.219. The molecule has 1 atom stereocenters. The van der Waals surface area contributed by atoms with Gasteiger partial charge < -0.3 is 4.90 Å². The van der Waals surface area contributed by atoms with Gasteiger partial charge in [-0.25, -0.2) is 0 Å². The lowest BCUT2D eigenvalue weighted by molar-refractivity contribution is -0.137. The molecule has 33 heavy (non-hydrogen) atoms. The van der Waals surface area contributed by atoms with Crippen LogP contribution >= 0.6 is 0 Å². The van der Waals surface area contributed by atoms with Crippen LogP contribution in [0.1, 0.15) is 60.4 Å². The third-order valence-corrected chi connectivity index (χ3v) is 7.55. The average molecular weight is 448 g/mol. The van der Waals surface area contributed by atoms with Gasteiger partial charge in [-0.1, -0.05) is 78.9 Å². The standard InChI is InChI=1S/C29H41N3O/c1-23-20-24(2)22-25(21-23)14-15-30(3)29(33)28(26-10-6-4-7-11-26)32-18-16-31(17-19-32)27-12-8-5-9-13-27/h4,6-7,10-11,20-22,27-28H,5,8-9,12-19H2,1-3H3. The smallest absolute Gasteiger partial charge is 0.244 e. The Morgan fingerprint density at radius 3 is 2.21 bits per heavy atom. The lowest BCUT2D eigenvalue weighted by Gasteiger charge is -2.43. The minimum absolute atomic E-state index is 0.191. The van der Waals surface area contributed by atoms with Gasteiger partial charge in [-0.05, 0) is 44.2 Å². The number of piperazine rings is 1. The fraction of sp³-hybridized carbons (Fsp3) is 0.552. The van der Waals surface area contributed by atoms with E-state index in [4.69, 9.17) is 0 Å². The second kappa shape index (κ2) is 11.3. The van der Waals surface area contributed by atoms with Crippen molar-refractivity contribution in [3.8, 4) is 0 Å². The Balaban J connectivity index is 1.42. The number of hydrogen-bond acceptors (Lipinski definition) is 3. The van der Waals surface area contributed by atoms with E-state index < -0.39 is 0 Å².